The van der Waals surface area contributed by atoms with Crippen molar-refractivity contribution in [2.75, 3.05) is 0 Å². The predicted molar refractivity (Wildman–Crippen MR) is 205 cm³/mol. The van der Waals surface area contributed by atoms with Gasteiger partial charge in [0.1, 0.15) is 0 Å². The van der Waals surface area contributed by atoms with Gasteiger partial charge in [-0.05, 0) is 46.5 Å². The standard InChI is InChI=1S/C46H30N4/c1-4-11-32(12-5-1)38-17-10-18-40-44(38)39-24-23-37(29-43(39)48-45(40)35-25-27-47-28-26-35)31-19-21-34(22-20-31)42-30-41(33-13-6-2-7-14-33)49-46(50-42)36-15-8-3-9-16-36/h1-30H. The lowest BCUT2D eigenvalue weighted by Crippen LogP contribution is -1.95. The summed E-state index contributed by atoms with van der Waals surface area (Å²) in [7, 11) is 0. The summed E-state index contributed by atoms with van der Waals surface area (Å²) in [5.74, 6) is 0.707. The van der Waals surface area contributed by atoms with Crippen molar-refractivity contribution in [3.8, 4) is 67.4 Å². The van der Waals surface area contributed by atoms with E-state index in [1.165, 1.54) is 16.5 Å². The van der Waals surface area contributed by atoms with Gasteiger partial charge in [-0.2, -0.15) is 0 Å². The van der Waals surface area contributed by atoms with Gasteiger partial charge in [-0.3, -0.25) is 4.98 Å². The van der Waals surface area contributed by atoms with Gasteiger partial charge in [-0.1, -0.05) is 146 Å². The number of pyridine rings is 2. The Bertz CT molecular complexity index is 2550. The van der Waals surface area contributed by atoms with Crippen LogP contribution in [-0.2, 0) is 0 Å². The van der Waals surface area contributed by atoms with Crippen molar-refractivity contribution in [3.63, 3.8) is 0 Å². The molecule has 0 unspecified atom stereocenters. The van der Waals surface area contributed by atoms with Crippen LogP contribution in [0, 0.1) is 0 Å². The number of fused-ring (bicyclic) bond motifs is 3. The lowest BCUT2D eigenvalue weighted by molar-refractivity contribution is 1.18. The molecule has 6 aromatic carbocycles. The first kappa shape index (κ1) is 29.4. The van der Waals surface area contributed by atoms with Crippen LogP contribution in [0.15, 0.2) is 182 Å². The van der Waals surface area contributed by atoms with E-state index in [1.807, 2.05) is 60.9 Å². The van der Waals surface area contributed by atoms with Crippen LogP contribution in [0.25, 0.3) is 89.1 Å². The molecular formula is C46H30N4. The molecule has 0 radical (unpaired) electrons. The summed E-state index contributed by atoms with van der Waals surface area (Å²) in [4.78, 5) is 19.5. The molecule has 0 amide bonds. The Balaban J connectivity index is 1.16. The minimum atomic E-state index is 0.707. The molecule has 0 N–H and O–H groups in total. The summed E-state index contributed by atoms with van der Waals surface area (Å²) < 4.78 is 0. The van der Waals surface area contributed by atoms with Crippen molar-refractivity contribution in [2.45, 2.75) is 0 Å². The lowest BCUT2D eigenvalue weighted by atomic mass is 9.92. The molecule has 0 aliphatic heterocycles. The topological polar surface area (TPSA) is 51.6 Å². The average molecular weight is 639 g/mol. The molecule has 234 valence electrons. The Morgan fingerprint density at radius 2 is 0.920 bits per heavy atom. The maximum absolute atomic E-state index is 5.29. The number of nitrogens with zero attached hydrogens (tertiary/aromatic N) is 4. The second kappa shape index (κ2) is 12.7. The average Bonchev–Trinajstić information content (AvgIpc) is 3.21. The summed E-state index contributed by atoms with van der Waals surface area (Å²) in [6.45, 7) is 0. The number of benzene rings is 6. The number of aromatic nitrogens is 4. The summed E-state index contributed by atoms with van der Waals surface area (Å²) in [6.07, 6.45) is 3.66. The SMILES string of the molecule is c1ccc(-c2cc(-c3ccc(-c4ccc5c(c4)nc(-c4ccncc4)c4cccc(-c6ccccc6)c45)cc3)nc(-c3ccccc3)n2)cc1. The van der Waals surface area contributed by atoms with Gasteiger partial charge in [0.25, 0.3) is 0 Å². The van der Waals surface area contributed by atoms with E-state index in [4.69, 9.17) is 15.0 Å². The van der Waals surface area contributed by atoms with Crippen LogP contribution >= 0.6 is 0 Å². The quantitative estimate of drug-likeness (QED) is 0.170. The molecule has 0 fully saturated rings. The van der Waals surface area contributed by atoms with E-state index in [0.717, 1.165) is 66.8 Å². The number of rotatable bonds is 6. The van der Waals surface area contributed by atoms with Gasteiger partial charge in [0, 0.05) is 50.8 Å². The molecule has 0 atom stereocenters. The first-order valence-corrected chi connectivity index (χ1v) is 16.7. The Labute approximate surface area is 290 Å². The number of hydrogen-bond acceptors (Lipinski definition) is 4. The molecule has 0 spiro atoms. The van der Waals surface area contributed by atoms with Crippen LogP contribution < -0.4 is 0 Å². The van der Waals surface area contributed by atoms with Crippen molar-refractivity contribution in [1.82, 2.24) is 19.9 Å². The van der Waals surface area contributed by atoms with E-state index in [0.29, 0.717) is 5.82 Å². The normalized spacial score (nSPS) is 11.2. The van der Waals surface area contributed by atoms with Gasteiger partial charge in [-0.15, -0.1) is 0 Å². The fourth-order valence-corrected chi connectivity index (χ4v) is 6.73. The molecule has 4 heteroatoms. The minimum Gasteiger partial charge on any atom is -0.265 e. The lowest BCUT2D eigenvalue weighted by Gasteiger charge is -2.15. The molecule has 0 bridgehead atoms. The molecule has 4 nitrogen and oxygen atoms in total. The highest BCUT2D eigenvalue weighted by molar-refractivity contribution is 6.17. The van der Waals surface area contributed by atoms with Crippen molar-refractivity contribution >= 4 is 21.7 Å². The molecule has 0 aliphatic carbocycles. The summed E-state index contributed by atoms with van der Waals surface area (Å²) in [5, 5.41) is 3.45. The summed E-state index contributed by atoms with van der Waals surface area (Å²) in [6, 6.07) is 58.9. The van der Waals surface area contributed by atoms with Crippen molar-refractivity contribution in [3.05, 3.63) is 182 Å². The molecule has 3 aromatic heterocycles. The van der Waals surface area contributed by atoms with Gasteiger partial charge < -0.3 is 0 Å². The van der Waals surface area contributed by atoms with Crippen LogP contribution in [0.3, 0.4) is 0 Å². The fourth-order valence-electron chi connectivity index (χ4n) is 6.73. The first-order chi connectivity index (χ1) is 24.8. The van der Waals surface area contributed by atoms with Crippen LogP contribution in [-0.4, -0.2) is 19.9 Å². The van der Waals surface area contributed by atoms with E-state index in [2.05, 4.69) is 126 Å². The molecule has 9 rings (SSSR count). The molecular weight excluding hydrogens is 609 g/mol. The second-order valence-corrected chi connectivity index (χ2v) is 12.3. The van der Waals surface area contributed by atoms with Crippen LogP contribution in [0.4, 0.5) is 0 Å². The predicted octanol–water partition coefficient (Wildman–Crippen LogP) is 11.6. The molecule has 9 aromatic rings. The van der Waals surface area contributed by atoms with E-state index in [9.17, 15) is 0 Å². The van der Waals surface area contributed by atoms with Crippen LogP contribution in [0.1, 0.15) is 0 Å². The van der Waals surface area contributed by atoms with E-state index in [1.54, 1.807) is 0 Å². The highest BCUT2D eigenvalue weighted by atomic mass is 14.9. The minimum absolute atomic E-state index is 0.707. The third-order valence-electron chi connectivity index (χ3n) is 9.20. The van der Waals surface area contributed by atoms with Gasteiger partial charge in [-0.25, -0.2) is 15.0 Å². The van der Waals surface area contributed by atoms with E-state index in [-0.39, 0.29) is 0 Å². The van der Waals surface area contributed by atoms with Crippen molar-refractivity contribution in [1.29, 1.82) is 0 Å². The third-order valence-corrected chi connectivity index (χ3v) is 9.20. The highest BCUT2D eigenvalue weighted by Gasteiger charge is 2.16. The van der Waals surface area contributed by atoms with Gasteiger partial charge >= 0.3 is 0 Å². The second-order valence-electron chi connectivity index (χ2n) is 12.3. The zero-order valence-electron chi connectivity index (χ0n) is 27.1. The van der Waals surface area contributed by atoms with Crippen molar-refractivity contribution in [2.24, 2.45) is 0 Å². The smallest absolute Gasteiger partial charge is 0.160 e. The Hall–Kier alpha value is -6.78. The summed E-state index contributed by atoms with van der Waals surface area (Å²) in [5.41, 5.74) is 12.4. The fraction of sp³-hybridized carbons (Fsp3) is 0. The van der Waals surface area contributed by atoms with E-state index >= 15 is 0 Å². The van der Waals surface area contributed by atoms with Gasteiger partial charge in [0.15, 0.2) is 5.82 Å². The first-order valence-electron chi connectivity index (χ1n) is 16.7. The molecule has 0 aliphatic rings. The molecule has 0 saturated carbocycles. The zero-order chi connectivity index (χ0) is 33.3. The van der Waals surface area contributed by atoms with Gasteiger partial charge in [0.05, 0.1) is 22.6 Å². The van der Waals surface area contributed by atoms with E-state index < -0.39 is 0 Å². The monoisotopic (exact) mass is 638 g/mol. The maximum Gasteiger partial charge on any atom is 0.160 e. The Kier molecular flexibility index (Phi) is 7.45. The van der Waals surface area contributed by atoms with Crippen molar-refractivity contribution < 1.29 is 0 Å². The molecule has 3 heterocycles. The largest absolute Gasteiger partial charge is 0.265 e. The Morgan fingerprint density at radius 1 is 0.340 bits per heavy atom. The Morgan fingerprint density at radius 3 is 1.60 bits per heavy atom. The molecule has 0 saturated heterocycles. The number of hydrogen-bond donors (Lipinski definition) is 0. The van der Waals surface area contributed by atoms with Crippen LogP contribution in [0.2, 0.25) is 0 Å². The van der Waals surface area contributed by atoms with Crippen LogP contribution in [0.5, 0.6) is 0 Å². The summed E-state index contributed by atoms with van der Waals surface area (Å²) >= 11 is 0. The zero-order valence-corrected chi connectivity index (χ0v) is 27.1. The highest BCUT2D eigenvalue weighted by Crippen LogP contribution is 2.39. The molecule has 50 heavy (non-hydrogen) atoms. The van der Waals surface area contributed by atoms with Gasteiger partial charge in [0.2, 0.25) is 0 Å². The third kappa shape index (κ3) is 5.49. The maximum atomic E-state index is 5.29.